The predicted molar refractivity (Wildman–Crippen MR) is 85.7 cm³/mol. The molecule has 6 heteroatoms. The number of fused-ring (bicyclic) bond motifs is 1. The van der Waals surface area contributed by atoms with Crippen LogP contribution in [0.25, 0.3) is 11.0 Å². The topological polar surface area (TPSA) is 75.4 Å². The number of aryl methyl sites for hydroxylation is 2. The Morgan fingerprint density at radius 1 is 1.26 bits per heavy atom. The molecule has 6 nitrogen and oxygen atoms in total. The predicted octanol–water partition coefficient (Wildman–Crippen LogP) is 1.41. The number of nitrogens with zero attached hydrogens (tertiary/aromatic N) is 3. The van der Waals surface area contributed by atoms with Crippen molar-refractivity contribution in [2.75, 3.05) is 6.54 Å². The van der Waals surface area contributed by atoms with Gasteiger partial charge in [-0.05, 0) is 37.1 Å². The zero-order valence-corrected chi connectivity index (χ0v) is 13.6. The van der Waals surface area contributed by atoms with Gasteiger partial charge in [0.25, 0.3) is 0 Å². The second kappa shape index (κ2) is 5.77. The minimum absolute atomic E-state index is 0.0342. The molecule has 0 spiro atoms. The Kier molecular flexibility index (Phi) is 3.93. The molecule has 0 bridgehead atoms. The largest absolute Gasteiger partial charge is 0.389 e. The number of imide groups is 1. The van der Waals surface area contributed by atoms with Gasteiger partial charge in [-0.15, -0.1) is 0 Å². The number of rotatable bonds is 4. The third-order valence-corrected chi connectivity index (χ3v) is 4.51. The van der Waals surface area contributed by atoms with E-state index in [1.165, 1.54) is 10.5 Å². The van der Waals surface area contributed by atoms with Crippen molar-refractivity contribution >= 4 is 22.8 Å². The van der Waals surface area contributed by atoms with E-state index in [4.69, 9.17) is 0 Å². The molecule has 2 amide bonds. The van der Waals surface area contributed by atoms with E-state index >= 15 is 0 Å². The Morgan fingerprint density at radius 3 is 2.61 bits per heavy atom. The fourth-order valence-corrected chi connectivity index (χ4v) is 2.99. The number of carbonyl (C=O) groups is 2. The van der Waals surface area contributed by atoms with Crippen LogP contribution in [0.3, 0.4) is 0 Å². The Bertz CT molecular complexity index is 781. The summed E-state index contributed by atoms with van der Waals surface area (Å²) in [6.07, 6.45) is 1.10. The highest BCUT2D eigenvalue weighted by atomic mass is 16.3. The highest BCUT2D eigenvalue weighted by Crippen LogP contribution is 2.21. The average molecular weight is 315 g/mol. The van der Waals surface area contributed by atoms with E-state index in [0.29, 0.717) is 6.54 Å². The minimum Gasteiger partial charge on any atom is -0.389 e. The molecule has 0 aliphatic carbocycles. The van der Waals surface area contributed by atoms with E-state index in [9.17, 15) is 14.7 Å². The van der Waals surface area contributed by atoms with E-state index < -0.39 is 6.10 Å². The molecule has 0 unspecified atom stereocenters. The molecule has 2 atom stereocenters. The lowest BCUT2D eigenvalue weighted by Gasteiger charge is -2.19. The second-order valence-electron chi connectivity index (χ2n) is 6.42. The van der Waals surface area contributed by atoms with Gasteiger partial charge in [0.1, 0.15) is 0 Å². The van der Waals surface area contributed by atoms with Gasteiger partial charge in [0, 0.05) is 12.3 Å². The number of carbonyl (C=O) groups excluding carboxylic acids is 2. The number of aliphatic hydroxyl groups excluding tert-OH is 1. The Labute approximate surface area is 134 Å². The van der Waals surface area contributed by atoms with Gasteiger partial charge in [0.2, 0.25) is 11.8 Å². The quantitative estimate of drug-likeness (QED) is 0.866. The van der Waals surface area contributed by atoms with Crippen molar-refractivity contribution in [3.8, 4) is 0 Å². The summed E-state index contributed by atoms with van der Waals surface area (Å²) in [6, 6.07) is 4.06. The van der Waals surface area contributed by atoms with Crippen molar-refractivity contribution < 1.29 is 14.7 Å². The van der Waals surface area contributed by atoms with E-state index in [1.807, 2.05) is 30.5 Å². The van der Waals surface area contributed by atoms with E-state index in [-0.39, 0.29) is 30.7 Å². The smallest absolute Gasteiger partial charge is 0.232 e. The van der Waals surface area contributed by atoms with Crippen molar-refractivity contribution in [2.24, 2.45) is 5.92 Å². The molecule has 0 saturated carbocycles. The first-order chi connectivity index (χ1) is 10.9. The summed E-state index contributed by atoms with van der Waals surface area (Å²) < 4.78 is 1.86. The fourth-order valence-electron chi connectivity index (χ4n) is 2.99. The van der Waals surface area contributed by atoms with Crippen molar-refractivity contribution in [1.82, 2.24) is 14.5 Å². The molecule has 1 aliphatic rings. The third kappa shape index (κ3) is 2.86. The maximum absolute atomic E-state index is 11.9. The van der Waals surface area contributed by atoms with Gasteiger partial charge in [-0.2, -0.15) is 0 Å². The monoisotopic (exact) mass is 315 g/mol. The lowest BCUT2D eigenvalue weighted by Crippen LogP contribution is -2.38. The molecule has 2 aromatic rings. The van der Waals surface area contributed by atoms with Gasteiger partial charge in [0.05, 0.1) is 36.6 Å². The highest BCUT2D eigenvalue weighted by Gasteiger charge is 2.36. The third-order valence-electron chi connectivity index (χ3n) is 4.51. The normalized spacial score (nSPS) is 19.8. The number of aromatic nitrogens is 2. The van der Waals surface area contributed by atoms with Crippen LogP contribution >= 0.6 is 0 Å². The summed E-state index contributed by atoms with van der Waals surface area (Å²) in [5.41, 5.74) is 4.15. The van der Waals surface area contributed by atoms with Gasteiger partial charge in [0.15, 0.2) is 0 Å². The van der Waals surface area contributed by atoms with Gasteiger partial charge in [-0.1, -0.05) is 6.92 Å². The molecule has 122 valence electrons. The van der Waals surface area contributed by atoms with Crippen LogP contribution in [0.1, 0.15) is 24.5 Å². The fraction of sp³-hybridized carbons (Fsp3) is 0.471. The van der Waals surface area contributed by atoms with Gasteiger partial charge in [-0.3, -0.25) is 14.5 Å². The number of hydrogen-bond acceptors (Lipinski definition) is 4. The maximum Gasteiger partial charge on any atom is 0.232 e. The Morgan fingerprint density at radius 2 is 1.96 bits per heavy atom. The second-order valence-corrected chi connectivity index (χ2v) is 6.42. The molecule has 1 fully saturated rings. The molecule has 1 saturated heterocycles. The molecule has 1 aromatic carbocycles. The first-order valence-electron chi connectivity index (χ1n) is 7.81. The lowest BCUT2D eigenvalue weighted by molar-refractivity contribution is -0.141. The molecule has 0 radical (unpaired) electrons. The highest BCUT2D eigenvalue weighted by molar-refractivity contribution is 6.03. The number of aliphatic hydroxyl groups is 1. The summed E-state index contributed by atoms with van der Waals surface area (Å²) in [6.45, 7) is 6.14. The molecule has 1 aromatic heterocycles. The summed E-state index contributed by atoms with van der Waals surface area (Å²) in [5, 5.41) is 10.3. The van der Waals surface area contributed by atoms with Crippen molar-refractivity contribution in [1.29, 1.82) is 0 Å². The molecular weight excluding hydrogens is 294 g/mol. The number of likely N-dealkylation sites (tertiary alicyclic amines) is 1. The van der Waals surface area contributed by atoms with E-state index in [1.54, 1.807) is 13.3 Å². The van der Waals surface area contributed by atoms with Crippen LogP contribution in [-0.2, 0) is 16.1 Å². The standard InChI is InChI=1S/C17H21N3O3/c1-10-4-14-15(5-11(10)2)19(9-18-14)7-13(21)8-20-16(22)6-12(3)17(20)23/h4-5,9,12-13,21H,6-8H2,1-3H3/t12-,13-/m0/s1. The van der Waals surface area contributed by atoms with Gasteiger partial charge < -0.3 is 9.67 Å². The van der Waals surface area contributed by atoms with Crippen molar-refractivity contribution in [2.45, 2.75) is 39.8 Å². The molecule has 1 N–H and O–H groups in total. The molecule has 1 aliphatic heterocycles. The number of β-amino-alcohol motifs (C(OH)–C–C–N with tert-alkyl or cyclic N) is 1. The Hall–Kier alpha value is -2.21. The lowest BCUT2D eigenvalue weighted by atomic mass is 10.1. The number of amides is 2. The summed E-state index contributed by atoms with van der Waals surface area (Å²) in [5.74, 6) is -0.686. The number of imidazole rings is 1. The van der Waals surface area contributed by atoms with E-state index in [2.05, 4.69) is 4.98 Å². The number of hydrogen-bond donors (Lipinski definition) is 1. The van der Waals surface area contributed by atoms with Crippen LogP contribution in [0.15, 0.2) is 18.5 Å². The zero-order valence-electron chi connectivity index (χ0n) is 13.6. The van der Waals surface area contributed by atoms with Crippen molar-refractivity contribution in [3.63, 3.8) is 0 Å². The minimum atomic E-state index is -0.813. The van der Waals surface area contributed by atoms with Crippen LogP contribution < -0.4 is 0 Å². The SMILES string of the molecule is Cc1cc2ncn(C[C@H](O)CN3C(=O)C[C@H](C)C3=O)c2cc1C. The molecular formula is C17H21N3O3. The van der Waals surface area contributed by atoms with Crippen LogP contribution in [0.2, 0.25) is 0 Å². The summed E-state index contributed by atoms with van der Waals surface area (Å²) in [4.78, 5) is 29.2. The van der Waals surface area contributed by atoms with Crippen LogP contribution in [0.5, 0.6) is 0 Å². The Balaban J connectivity index is 1.76. The molecule has 2 heterocycles. The molecule has 23 heavy (non-hydrogen) atoms. The average Bonchev–Trinajstić information content (AvgIpc) is 2.96. The first-order valence-corrected chi connectivity index (χ1v) is 7.81. The van der Waals surface area contributed by atoms with Crippen LogP contribution in [0.4, 0.5) is 0 Å². The zero-order chi connectivity index (χ0) is 16.7. The van der Waals surface area contributed by atoms with Crippen LogP contribution in [0, 0.1) is 19.8 Å². The van der Waals surface area contributed by atoms with E-state index in [0.717, 1.165) is 16.6 Å². The van der Waals surface area contributed by atoms with Gasteiger partial charge in [-0.25, -0.2) is 4.98 Å². The first kappa shape index (κ1) is 15.7. The summed E-state index contributed by atoms with van der Waals surface area (Å²) in [7, 11) is 0. The van der Waals surface area contributed by atoms with Gasteiger partial charge >= 0.3 is 0 Å². The van der Waals surface area contributed by atoms with Crippen molar-refractivity contribution in [3.05, 3.63) is 29.6 Å². The molecule has 3 rings (SSSR count). The van der Waals surface area contributed by atoms with Crippen LogP contribution in [-0.4, -0.2) is 44.0 Å². The maximum atomic E-state index is 11.9. The summed E-state index contributed by atoms with van der Waals surface area (Å²) >= 11 is 0. The number of benzene rings is 1.